The zero-order chi connectivity index (χ0) is 13.5. The van der Waals surface area contributed by atoms with Crippen LogP contribution in [-0.4, -0.2) is 35.6 Å². The zero-order valence-corrected chi connectivity index (χ0v) is 11.4. The first-order valence-electron chi connectivity index (χ1n) is 6.10. The summed E-state index contributed by atoms with van der Waals surface area (Å²) in [6, 6.07) is -0.274. The van der Waals surface area contributed by atoms with Crippen molar-refractivity contribution < 1.29 is 9.53 Å². The van der Waals surface area contributed by atoms with Gasteiger partial charge < -0.3 is 15.4 Å². The maximum atomic E-state index is 11.6. The van der Waals surface area contributed by atoms with Crippen LogP contribution < -0.4 is 10.6 Å². The number of nitrogens with zero attached hydrogens (tertiary/aromatic N) is 2. The quantitative estimate of drug-likeness (QED) is 0.811. The van der Waals surface area contributed by atoms with E-state index in [0.717, 1.165) is 6.54 Å². The van der Waals surface area contributed by atoms with Crippen molar-refractivity contribution in [2.75, 3.05) is 19.0 Å². The summed E-state index contributed by atoms with van der Waals surface area (Å²) < 4.78 is 6.76. The molecule has 18 heavy (non-hydrogen) atoms. The van der Waals surface area contributed by atoms with E-state index in [0.29, 0.717) is 18.2 Å². The van der Waals surface area contributed by atoms with Crippen molar-refractivity contribution in [3.05, 3.63) is 12.4 Å². The highest BCUT2D eigenvalue weighted by molar-refractivity contribution is 5.89. The number of aromatic nitrogens is 2. The van der Waals surface area contributed by atoms with Gasteiger partial charge in [-0.05, 0) is 12.8 Å². The van der Waals surface area contributed by atoms with Crippen LogP contribution in [0.15, 0.2) is 12.4 Å². The number of rotatable bonds is 6. The van der Waals surface area contributed by atoms with E-state index in [2.05, 4.69) is 29.6 Å². The lowest BCUT2D eigenvalue weighted by atomic mass is 10.2. The van der Waals surface area contributed by atoms with E-state index < -0.39 is 0 Å². The van der Waals surface area contributed by atoms with Gasteiger partial charge in [0.1, 0.15) is 0 Å². The van der Waals surface area contributed by atoms with Gasteiger partial charge >= 0.3 is 6.03 Å². The molecule has 1 atom stereocenters. The summed E-state index contributed by atoms with van der Waals surface area (Å²) in [6.07, 6.45) is 3.46. The molecule has 6 heteroatoms. The van der Waals surface area contributed by atoms with Crippen molar-refractivity contribution in [1.82, 2.24) is 15.1 Å². The minimum absolute atomic E-state index is 0.0271. The van der Waals surface area contributed by atoms with Crippen molar-refractivity contribution in [2.45, 2.75) is 33.4 Å². The average Bonchev–Trinajstić information content (AvgIpc) is 2.64. The molecule has 0 aromatic carbocycles. The van der Waals surface area contributed by atoms with Gasteiger partial charge in [0.05, 0.1) is 24.5 Å². The van der Waals surface area contributed by atoms with E-state index in [-0.39, 0.29) is 12.1 Å². The highest BCUT2D eigenvalue weighted by atomic mass is 16.5. The van der Waals surface area contributed by atoms with Gasteiger partial charge in [-0.3, -0.25) is 4.68 Å². The predicted molar refractivity (Wildman–Crippen MR) is 70.6 cm³/mol. The Kier molecular flexibility index (Phi) is 5.64. The van der Waals surface area contributed by atoms with Crippen molar-refractivity contribution in [3.8, 4) is 0 Å². The van der Waals surface area contributed by atoms with E-state index in [1.165, 1.54) is 0 Å². The lowest BCUT2D eigenvalue weighted by Gasteiger charge is -2.12. The summed E-state index contributed by atoms with van der Waals surface area (Å²) in [7, 11) is 1.60. The highest BCUT2D eigenvalue weighted by Gasteiger charge is 2.08. The van der Waals surface area contributed by atoms with Crippen molar-refractivity contribution >= 4 is 11.7 Å². The Balaban J connectivity index is 2.42. The van der Waals surface area contributed by atoms with Crippen molar-refractivity contribution in [3.63, 3.8) is 0 Å². The van der Waals surface area contributed by atoms with Crippen LogP contribution in [0.5, 0.6) is 0 Å². The standard InChI is InChI=1S/C12H22N4O2/c1-9(2)6-16-7-11(5-13-16)15-12(17)14-10(3)8-18-4/h5,7,9-10H,6,8H2,1-4H3,(H2,14,15,17)/t10-/m1/s1. The van der Waals surface area contributed by atoms with Crippen LogP contribution in [0.25, 0.3) is 0 Å². The second-order valence-electron chi connectivity index (χ2n) is 4.80. The van der Waals surface area contributed by atoms with Gasteiger partial charge in [0, 0.05) is 19.9 Å². The number of carbonyl (C=O) groups excluding carboxylic acids is 1. The Hall–Kier alpha value is -1.56. The smallest absolute Gasteiger partial charge is 0.319 e. The fourth-order valence-electron chi connectivity index (χ4n) is 1.58. The lowest BCUT2D eigenvalue weighted by Crippen LogP contribution is -2.38. The molecule has 0 aliphatic heterocycles. The summed E-state index contributed by atoms with van der Waals surface area (Å²) in [4.78, 5) is 11.6. The average molecular weight is 254 g/mol. The number of carbonyl (C=O) groups is 1. The molecule has 1 heterocycles. The molecule has 0 fully saturated rings. The molecule has 0 radical (unpaired) electrons. The SMILES string of the molecule is COC[C@@H](C)NC(=O)Nc1cnn(CC(C)C)c1. The Morgan fingerprint density at radius 3 is 2.83 bits per heavy atom. The van der Waals surface area contributed by atoms with E-state index in [1.807, 2.05) is 17.8 Å². The molecule has 0 aliphatic rings. The largest absolute Gasteiger partial charge is 0.383 e. The first-order chi connectivity index (χ1) is 8.51. The number of methoxy groups -OCH3 is 1. The normalized spacial score (nSPS) is 12.5. The number of nitrogens with one attached hydrogen (secondary N) is 2. The van der Waals surface area contributed by atoms with Crippen LogP contribution in [0, 0.1) is 5.92 Å². The van der Waals surface area contributed by atoms with Gasteiger partial charge in [-0.25, -0.2) is 4.79 Å². The van der Waals surface area contributed by atoms with Crippen LogP contribution in [0.2, 0.25) is 0 Å². The summed E-state index contributed by atoms with van der Waals surface area (Å²) >= 11 is 0. The lowest BCUT2D eigenvalue weighted by molar-refractivity contribution is 0.173. The molecule has 0 saturated heterocycles. The Labute approximate surface area is 108 Å². The van der Waals surface area contributed by atoms with Gasteiger partial charge in [-0.2, -0.15) is 5.10 Å². The molecule has 2 N–H and O–H groups in total. The number of hydrogen-bond acceptors (Lipinski definition) is 3. The van der Waals surface area contributed by atoms with Gasteiger partial charge in [0.25, 0.3) is 0 Å². The first kappa shape index (κ1) is 14.5. The Bertz CT molecular complexity index is 376. The van der Waals surface area contributed by atoms with Crippen molar-refractivity contribution in [1.29, 1.82) is 0 Å². The van der Waals surface area contributed by atoms with Crippen LogP contribution in [0.4, 0.5) is 10.5 Å². The van der Waals surface area contributed by atoms with Crippen LogP contribution >= 0.6 is 0 Å². The number of urea groups is 1. The molecule has 1 aromatic rings. The molecule has 0 saturated carbocycles. The van der Waals surface area contributed by atoms with Gasteiger partial charge in [-0.15, -0.1) is 0 Å². The fraction of sp³-hybridized carbons (Fsp3) is 0.667. The molecule has 0 spiro atoms. The Morgan fingerprint density at radius 2 is 2.22 bits per heavy atom. The third-order valence-corrected chi connectivity index (χ3v) is 2.24. The van der Waals surface area contributed by atoms with E-state index in [1.54, 1.807) is 13.3 Å². The van der Waals surface area contributed by atoms with E-state index in [4.69, 9.17) is 4.74 Å². The first-order valence-corrected chi connectivity index (χ1v) is 6.10. The Morgan fingerprint density at radius 1 is 1.50 bits per heavy atom. The number of amides is 2. The van der Waals surface area contributed by atoms with Crippen LogP contribution in [-0.2, 0) is 11.3 Å². The summed E-state index contributed by atoms with van der Waals surface area (Å²) in [5, 5.41) is 9.68. The van der Waals surface area contributed by atoms with Gasteiger partial charge in [0.15, 0.2) is 0 Å². The fourth-order valence-corrected chi connectivity index (χ4v) is 1.58. The van der Waals surface area contributed by atoms with Crippen LogP contribution in [0.3, 0.4) is 0 Å². The third kappa shape index (κ3) is 5.18. The molecule has 6 nitrogen and oxygen atoms in total. The summed E-state index contributed by atoms with van der Waals surface area (Å²) in [5.41, 5.74) is 0.692. The second-order valence-corrected chi connectivity index (χ2v) is 4.80. The predicted octanol–water partition coefficient (Wildman–Crippen LogP) is 1.70. The molecule has 102 valence electrons. The van der Waals surface area contributed by atoms with Gasteiger partial charge in [0.2, 0.25) is 0 Å². The monoisotopic (exact) mass is 254 g/mol. The molecule has 0 aliphatic carbocycles. The highest BCUT2D eigenvalue weighted by Crippen LogP contribution is 2.06. The molecule has 1 aromatic heterocycles. The van der Waals surface area contributed by atoms with Crippen molar-refractivity contribution in [2.24, 2.45) is 5.92 Å². The minimum atomic E-state index is -0.247. The third-order valence-electron chi connectivity index (χ3n) is 2.24. The van der Waals surface area contributed by atoms with Crippen LogP contribution in [0.1, 0.15) is 20.8 Å². The number of anilines is 1. The molecule has 1 rings (SSSR count). The second kappa shape index (κ2) is 7.00. The number of hydrogen-bond donors (Lipinski definition) is 2. The summed E-state index contributed by atoms with van der Waals surface area (Å²) in [6.45, 7) is 7.44. The topological polar surface area (TPSA) is 68.2 Å². The van der Waals surface area contributed by atoms with Gasteiger partial charge in [-0.1, -0.05) is 13.8 Å². The molecular formula is C12H22N4O2. The zero-order valence-electron chi connectivity index (χ0n) is 11.4. The molecule has 0 bridgehead atoms. The number of ether oxygens (including phenoxy) is 1. The van der Waals surface area contributed by atoms with E-state index in [9.17, 15) is 4.79 Å². The molecular weight excluding hydrogens is 232 g/mol. The van der Waals surface area contributed by atoms with E-state index >= 15 is 0 Å². The molecule has 0 unspecified atom stereocenters. The summed E-state index contributed by atoms with van der Waals surface area (Å²) in [5.74, 6) is 0.522. The minimum Gasteiger partial charge on any atom is -0.383 e. The maximum absolute atomic E-state index is 11.6. The maximum Gasteiger partial charge on any atom is 0.319 e. The molecule has 2 amide bonds.